The van der Waals surface area contributed by atoms with Gasteiger partial charge < -0.3 is 4.52 Å². The molecule has 0 aliphatic heterocycles. The first-order valence-electron chi connectivity index (χ1n) is 3.94. The fourth-order valence-corrected chi connectivity index (χ4v) is 1.91. The Bertz CT molecular complexity index is 258. The second-order valence-electron chi connectivity index (χ2n) is 2.76. The highest BCUT2D eigenvalue weighted by Crippen LogP contribution is 2.50. The molecular weight excluding hydrogens is 265 g/mol. The van der Waals surface area contributed by atoms with Crippen molar-refractivity contribution in [3.8, 4) is 0 Å². The molecule has 0 rings (SSSR count). The Morgan fingerprint density at radius 2 is 1.50 bits per heavy atom. The third-order valence-corrected chi connectivity index (χ3v) is 2.58. The van der Waals surface area contributed by atoms with Crippen molar-refractivity contribution in [2.75, 3.05) is 13.3 Å². The van der Waals surface area contributed by atoms with Crippen LogP contribution in [0.25, 0.3) is 0 Å². The van der Waals surface area contributed by atoms with Crippen LogP contribution in [-0.4, -0.2) is 31.7 Å². The van der Waals surface area contributed by atoms with Crippen LogP contribution in [0, 0.1) is 0 Å². The van der Waals surface area contributed by atoms with Crippen LogP contribution >= 0.6 is 7.60 Å². The second kappa shape index (κ2) is 4.93. The predicted octanol–water partition coefficient (Wildman–Crippen LogP) is 3.36. The zero-order valence-corrected chi connectivity index (χ0v) is 9.12. The summed E-state index contributed by atoms with van der Waals surface area (Å²) in [6, 6.07) is 0. The van der Waals surface area contributed by atoms with Gasteiger partial charge in [0.25, 0.3) is 6.10 Å². The number of hydrogen-bond acceptors (Lipinski definition) is 3. The number of halogens is 6. The lowest BCUT2D eigenvalue weighted by Crippen LogP contribution is -2.43. The summed E-state index contributed by atoms with van der Waals surface area (Å²) in [4.78, 5) is 0. The van der Waals surface area contributed by atoms with Crippen molar-refractivity contribution in [1.82, 2.24) is 0 Å². The maximum atomic E-state index is 12.0. The van der Waals surface area contributed by atoms with E-state index in [0.29, 0.717) is 6.66 Å². The number of alkyl halides is 6. The van der Waals surface area contributed by atoms with Gasteiger partial charge in [-0.1, -0.05) is 0 Å². The highest BCUT2D eigenvalue weighted by atomic mass is 31.2. The van der Waals surface area contributed by atoms with E-state index in [-0.39, 0.29) is 6.61 Å². The van der Waals surface area contributed by atoms with Crippen LogP contribution in [0.2, 0.25) is 0 Å². The molecule has 0 N–H and O–H groups in total. The van der Waals surface area contributed by atoms with Crippen LogP contribution in [0.3, 0.4) is 0 Å². The summed E-state index contributed by atoms with van der Waals surface area (Å²) < 4.78 is 90.5. The van der Waals surface area contributed by atoms with Gasteiger partial charge >= 0.3 is 19.9 Å². The Morgan fingerprint density at radius 1 is 1.12 bits per heavy atom. The first kappa shape index (κ1) is 15.7. The molecule has 0 radical (unpaired) electrons. The highest BCUT2D eigenvalue weighted by Gasteiger charge is 2.60. The summed E-state index contributed by atoms with van der Waals surface area (Å²) in [6.45, 7) is 1.48. The predicted molar refractivity (Wildman–Crippen MR) is 42.1 cm³/mol. The average Bonchev–Trinajstić information content (AvgIpc) is 1.96. The van der Waals surface area contributed by atoms with Crippen molar-refractivity contribution >= 4 is 7.60 Å². The van der Waals surface area contributed by atoms with Crippen molar-refractivity contribution in [1.29, 1.82) is 0 Å². The topological polar surface area (TPSA) is 35.5 Å². The van der Waals surface area contributed by atoms with E-state index in [2.05, 4.69) is 9.05 Å². The third-order valence-electron chi connectivity index (χ3n) is 1.26. The van der Waals surface area contributed by atoms with E-state index in [0.717, 1.165) is 0 Å². The van der Waals surface area contributed by atoms with Crippen molar-refractivity contribution in [3.05, 3.63) is 0 Å². The molecule has 10 heteroatoms. The van der Waals surface area contributed by atoms with E-state index in [4.69, 9.17) is 0 Å². The lowest BCUT2D eigenvalue weighted by atomic mass is 10.3. The first-order chi connectivity index (χ1) is 6.90. The molecule has 0 bridgehead atoms. The summed E-state index contributed by atoms with van der Waals surface area (Å²) in [7, 11) is -4.38. The summed E-state index contributed by atoms with van der Waals surface area (Å²) >= 11 is 0. The van der Waals surface area contributed by atoms with Crippen molar-refractivity contribution in [2.24, 2.45) is 0 Å². The highest BCUT2D eigenvalue weighted by molar-refractivity contribution is 7.53. The van der Waals surface area contributed by atoms with Crippen LogP contribution < -0.4 is 0 Å². The molecule has 0 heterocycles. The number of rotatable bonds is 4. The molecule has 0 aromatic carbocycles. The Hall–Kier alpha value is -0.270. The molecule has 1 atom stereocenters. The molecule has 98 valence electrons. The van der Waals surface area contributed by atoms with Crippen LogP contribution in [0.5, 0.6) is 0 Å². The zero-order chi connectivity index (χ0) is 13.2. The van der Waals surface area contributed by atoms with E-state index in [1.165, 1.54) is 6.92 Å². The van der Waals surface area contributed by atoms with E-state index in [9.17, 15) is 30.9 Å². The lowest BCUT2D eigenvalue weighted by Gasteiger charge is -2.25. The fourth-order valence-electron chi connectivity index (χ4n) is 0.762. The second-order valence-corrected chi connectivity index (χ2v) is 4.77. The van der Waals surface area contributed by atoms with Gasteiger partial charge in [0, 0.05) is 6.66 Å². The van der Waals surface area contributed by atoms with E-state index in [1.807, 2.05) is 0 Å². The standard InChI is InChI=1S/C6H9F6O3P/c1-3-14-16(2,13)15-4(5(7,8)9)6(10,11)12/h4H,3H2,1-2H3. The molecule has 0 amide bonds. The van der Waals surface area contributed by atoms with Crippen LogP contribution in [0.4, 0.5) is 26.3 Å². The number of hydrogen-bond donors (Lipinski definition) is 0. The van der Waals surface area contributed by atoms with Gasteiger partial charge in [-0.25, -0.2) is 0 Å². The minimum atomic E-state index is -5.69. The minimum Gasteiger partial charge on any atom is -0.309 e. The van der Waals surface area contributed by atoms with E-state index < -0.39 is 26.1 Å². The van der Waals surface area contributed by atoms with Gasteiger partial charge in [0.05, 0.1) is 6.61 Å². The first-order valence-corrected chi connectivity index (χ1v) is 5.93. The van der Waals surface area contributed by atoms with E-state index in [1.54, 1.807) is 0 Å². The maximum absolute atomic E-state index is 12.0. The molecule has 0 fully saturated rings. The van der Waals surface area contributed by atoms with Crippen molar-refractivity contribution in [2.45, 2.75) is 25.4 Å². The zero-order valence-electron chi connectivity index (χ0n) is 8.22. The quantitative estimate of drug-likeness (QED) is 0.582. The largest absolute Gasteiger partial charge is 0.424 e. The molecule has 3 nitrogen and oxygen atoms in total. The molecule has 0 aromatic heterocycles. The summed E-state index contributed by atoms with van der Waals surface area (Å²) in [6.07, 6.45) is -15.5. The van der Waals surface area contributed by atoms with Crippen LogP contribution in [0.15, 0.2) is 0 Å². The minimum absolute atomic E-state index is 0.323. The normalized spacial score (nSPS) is 17.6. The fraction of sp³-hybridized carbons (Fsp3) is 1.00. The SMILES string of the molecule is CCOP(C)(=O)OC(C(F)(F)F)C(F)(F)F. The lowest BCUT2D eigenvalue weighted by molar-refractivity contribution is -0.301. The summed E-state index contributed by atoms with van der Waals surface area (Å²) in [5.74, 6) is 0. The molecular formula is C6H9F6O3P. The molecule has 1 unspecified atom stereocenters. The van der Waals surface area contributed by atoms with Gasteiger partial charge in [0.2, 0.25) is 0 Å². The van der Waals surface area contributed by atoms with Crippen molar-refractivity contribution < 1.29 is 40.0 Å². The van der Waals surface area contributed by atoms with Gasteiger partial charge in [-0.05, 0) is 6.92 Å². The molecule has 0 aliphatic rings. The molecule has 0 spiro atoms. The Labute approximate surface area is 87.2 Å². The monoisotopic (exact) mass is 274 g/mol. The average molecular weight is 274 g/mol. The maximum Gasteiger partial charge on any atom is 0.424 e. The van der Waals surface area contributed by atoms with Gasteiger partial charge in [-0.3, -0.25) is 9.09 Å². The molecule has 0 saturated heterocycles. The molecule has 0 saturated carbocycles. The Balaban J connectivity index is 4.91. The Kier molecular flexibility index (Phi) is 4.85. The molecule has 16 heavy (non-hydrogen) atoms. The van der Waals surface area contributed by atoms with Crippen LogP contribution in [0.1, 0.15) is 6.92 Å². The van der Waals surface area contributed by atoms with Gasteiger partial charge in [0.1, 0.15) is 0 Å². The van der Waals surface area contributed by atoms with Gasteiger partial charge in [0.15, 0.2) is 0 Å². The van der Waals surface area contributed by atoms with Crippen molar-refractivity contribution in [3.63, 3.8) is 0 Å². The van der Waals surface area contributed by atoms with Gasteiger partial charge in [-0.2, -0.15) is 26.3 Å². The van der Waals surface area contributed by atoms with Crippen LogP contribution in [-0.2, 0) is 13.6 Å². The van der Waals surface area contributed by atoms with Gasteiger partial charge in [-0.15, -0.1) is 0 Å². The van der Waals surface area contributed by atoms with E-state index >= 15 is 0 Å². The molecule has 0 aliphatic carbocycles. The Morgan fingerprint density at radius 3 is 1.75 bits per heavy atom. The third kappa shape index (κ3) is 5.18. The smallest absolute Gasteiger partial charge is 0.309 e. The molecule has 0 aromatic rings. The summed E-state index contributed by atoms with van der Waals surface area (Å²) in [5, 5.41) is 0. The summed E-state index contributed by atoms with van der Waals surface area (Å²) in [5.41, 5.74) is 0.